The maximum Gasteiger partial charge on any atom is 0.336 e. The summed E-state index contributed by atoms with van der Waals surface area (Å²) in [6.07, 6.45) is 0. The first-order chi connectivity index (χ1) is 12.4. The highest BCUT2D eigenvalue weighted by Gasteiger charge is 2.09. The van der Waals surface area contributed by atoms with Crippen molar-refractivity contribution in [1.29, 1.82) is 0 Å². The fourth-order valence-corrected chi connectivity index (χ4v) is 3.40. The predicted octanol–water partition coefficient (Wildman–Crippen LogP) is 4.42. The average Bonchev–Trinajstić information content (AvgIpc) is 2.58. The van der Waals surface area contributed by atoms with Gasteiger partial charge in [0.15, 0.2) is 0 Å². The molecule has 0 saturated heterocycles. The minimum absolute atomic E-state index is 0.180. The molecular weight excluding hydrogens is 353 g/mol. The Morgan fingerprint density at radius 2 is 1.81 bits per heavy atom. The Bertz CT molecular complexity index is 1010. The van der Waals surface area contributed by atoms with Crippen molar-refractivity contribution in [2.75, 3.05) is 11.1 Å². The zero-order valence-corrected chi connectivity index (χ0v) is 15.3. The van der Waals surface area contributed by atoms with Crippen molar-refractivity contribution in [3.63, 3.8) is 0 Å². The second-order valence-corrected chi connectivity index (χ2v) is 7.06. The van der Waals surface area contributed by atoms with Gasteiger partial charge < -0.3 is 9.73 Å². The number of thioether (sulfide) groups is 1. The molecule has 0 radical (unpaired) electrons. The van der Waals surface area contributed by atoms with Gasteiger partial charge in [0.25, 0.3) is 0 Å². The third-order valence-electron chi connectivity index (χ3n) is 4.06. The van der Waals surface area contributed by atoms with E-state index in [2.05, 4.69) is 5.32 Å². The number of fused-ring (bicyclic) bond motifs is 1. The van der Waals surface area contributed by atoms with Crippen LogP contribution in [0, 0.1) is 19.7 Å². The van der Waals surface area contributed by atoms with Crippen LogP contribution in [0.15, 0.2) is 51.7 Å². The van der Waals surface area contributed by atoms with E-state index in [4.69, 9.17) is 4.42 Å². The van der Waals surface area contributed by atoms with Crippen molar-refractivity contribution in [3.8, 4) is 0 Å². The van der Waals surface area contributed by atoms with Crippen LogP contribution >= 0.6 is 11.8 Å². The molecule has 0 spiro atoms. The molecular formula is C20H18FNO3S. The topological polar surface area (TPSA) is 59.3 Å². The molecule has 0 aliphatic carbocycles. The summed E-state index contributed by atoms with van der Waals surface area (Å²) in [6, 6.07) is 11.0. The zero-order valence-electron chi connectivity index (χ0n) is 14.5. The highest BCUT2D eigenvalue weighted by molar-refractivity contribution is 7.99. The summed E-state index contributed by atoms with van der Waals surface area (Å²) in [4.78, 5) is 23.8. The largest absolute Gasteiger partial charge is 0.423 e. The van der Waals surface area contributed by atoms with Crippen molar-refractivity contribution in [2.45, 2.75) is 19.6 Å². The van der Waals surface area contributed by atoms with Crippen LogP contribution in [0.3, 0.4) is 0 Å². The summed E-state index contributed by atoms with van der Waals surface area (Å²) < 4.78 is 18.2. The Hall–Kier alpha value is -2.60. The highest BCUT2D eigenvalue weighted by Crippen LogP contribution is 2.24. The van der Waals surface area contributed by atoms with Crippen LogP contribution in [-0.2, 0) is 10.5 Å². The van der Waals surface area contributed by atoms with Crippen LogP contribution in [0.2, 0.25) is 0 Å². The first-order valence-electron chi connectivity index (χ1n) is 8.09. The molecule has 1 N–H and O–H groups in total. The Morgan fingerprint density at radius 3 is 2.54 bits per heavy atom. The number of nitrogens with one attached hydrogen (secondary N) is 1. The molecule has 0 atom stereocenters. The van der Waals surface area contributed by atoms with Crippen LogP contribution in [0.5, 0.6) is 0 Å². The minimum atomic E-state index is -0.396. The van der Waals surface area contributed by atoms with Crippen LogP contribution in [0.1, 0.15) is 16.7 Å². The quantitative estimate of drug-likeness (QED) is 0.675. The second-order valence-electron chi connectivity index (χ2n) is 6.07. The van der Waals surface area contributed by atoms with Gasteiger partial charge in [-0.3, -0.25) is 4.79 Å². The van der Waals surface area contributed by atoms with Crippen molar-refractivity contribution >= 4 is 34.3 Å². The Labute approximate surface area is 154 Å². The lowest BCUT2D eigenvalue weighted by atomic mass is 10.0. The van der Waals surface area contributed by atoms with Gasteiger partial charge in [-0.05, 0) is 66.9 Å². The van der Waals surface area contributed by atoms with Crippen molar-refractivity contribution in [3.05, 3.63) is 75.4 Å². The summed E-state index contributed by atoms with van der Waals surface area (Å²) in [6.45, 7) is 3.98. The number of hydrogen-bond acceptors (Lipinski definition) is 4. The number of rotatable bonds is 5. The average molecular weight is 371 g/mol. The SMILES string of the molecule is Cc1cc2oc(=O)cc(CSCC(=O)Nc3ccc(F)cc3)c2cc1C. The van der Waals surface area contributed by atoms with Crippen LogP contribution < -0.4 is 10.9 Å². The molecule has 3 rings (SSSR count). The van der Waals surface area contributed by atoms with Gasteiger partial charge in [0.2, 0.25) is 5.91 Å². The maximum atomic E-state index is 12.9. The number of halogens is 1. The standard InChI is InChI=1S/C20H18FNO3S/c1-12-7-17-14(9-20(24)25-18(17)8-13(12)2)10-26-11-19(23)22-16-5-3-15(21)4-6-16/h3-9H,10-11H2,1-2H3,(H,22,23). The minimum Gasteiger partial charge on any atom is -0.423 e. The summed E-state index contributed by atoms with van der Waals surface area (Å²) in [7, 11) is 0. The molecule has 1 aromatic heterocycles. The number of carbonyl (C=O) groups is 1. The van der Waals surface area contributed by atoms with Crippen LogP contribution in [-0.4, -0.2) is 11.7 Å². The lowest BCUT2D eigenvalue weighted by Crippen LogP contribution is -2.14. The zero-order chi connectivity index (χ0) is 18.7. The summed E-state index contributed by atoms with van der Waals surface area (Å²) in [5, 5.41) is 3.60. The van der Waals surface area contributed by atoms with Gasteiger partial charge in [0, 0.05) is 22.9 Å². The van der Waals surface area contributed by atoms with Gasteiger partial charge in [0.05, 0.1) is 5.75 Å². The van der Waals surface area contributed by atoms with E-state index in [-0.39, 0.29) is 17.5 Å². The number of benzene rings is 2. The van der Waals surface area contributed by atoms with E-state index in [0.29, 0.717) is 17.0 Å². The van der Waals surface area contributed by atoms with E-state index >= 15 is 0 Å². The molecule has 1 heterocycles. The van der Waals surface area contributed by atoms with Gasteiger partial charge in [0.1, 0.15) is 11.4 Å². The molecule has 0 unspecified atom stereocenters. The molecule has 6 heteroatoms. The fraction of sp³-hybridized carbons (Fsp3) is 0.200. The normalized spacial score (nSPS) is 10.9. The van der Waals surface area contributed by atoms with E-state index in [9.17, 15) is 14.0 Å². The van der Waals surface area contributed by atoms with Gasteiger partial charge in [-0.2, -0.15) is 0 Å². The van der Waals surface area contributed by atoms with Crippen molar-refractivity contribution in [2.24, 2.45) is 0 Å². The molecule has 0 fully saturated rings. The molecule has 0 aliphatic rings. The van der Waals surface area contributed by atoms with Crippen LogP contribution in [0.4, 0.5) is 10.1 Å². The number of aryl methyl sites for hydroxylation is 2. The van der Waals surface area contributed by atoms with E-state index < -0.39 is 5.63 Å². The van der Waals surface area contributed by atoms with E-state index in [1.165, 1.54) is 42.1 Å². The Kier molecular flexibility index (Phi) is 5.42. The van der Waals surface area contributed by atoms with Gasteiger partial charge in [-0.25, -0.2) is 9.18 Å². The Balaban J connectivity index is 1.67. The lowest BCUT2D eigenvalue weighted by Gasteiger charge is -2.08. The molecule has 134 valence electrons. The van der Waals surface area contributed by atoms with Crippen molar-refractivity contribution in [1.82, 2.24) is 0 Å². The highest BCUT2D eigenvalue weighted by atomic mass is 32.2. The molecule has 0 aliphatic heterocycles. The molecule has 2 aromatic carbocycles. The second kappa shape index (κ2) is 7.74. The number of hydrogen-bond donors (Lipinski definition) is 1. The number of anilines is 1. The summed E-state index contributed by atoms with van der Waals surface area (Å²) >= 11 is 1.40. The van der Waals surface area contributed by atoms with E-state index in [1.54, 1.807) is 0 Å². The van der Waals surface area contributed by atoms with Crippen LogP contribution in [0.25, 0.3) is 11.0 Å². The maximum absolute atomic E-state index is 12.9. The Morgan fingerprint density at radius 1 is 1.12 bits per heavy atom. The van der Waals surface area contributed by atoms with Gasteiger partial charge in [-0.15, -0.1) is 11.8 Å². The smallest absolute Gasteiger partial charge is 0.336 e. The molecule has 26 heavy (non-hydrogen) atoms. The number of carbonyl (C=O) groups excluding carboxylic acids is 1. The van der Waals surface area contributed by atoms with Gasteiger partial charge in [-0.1, -0.05) is 0 Å². The van der Waals surface area contributed by atoms with Crippen molar-refractivity contribution < 1.29 is 13.6 Å². The van der Waals surface area contributed by atoms with E-state index in [1.807, 2.05) is 26.0 Å². The molecule has 0 saturated carbocycles. The van der Waals surface area contributed by atoms with Gasteiger partial charge >= 0.3 is 5.63 Å². The van der Waals surface area contributed by atoms with E-state index in [0.717, 1.165) is 22.1 Å². The predicted molar refractivity (Wildman–Crippen MR) is 103 cm³/mol. The summed E-state index contributed by atoms with van der Waals surface area (Å²) in [5.41, 5.74) is 3.74. The third kappa shape index (κ3) is 4.32. The monoisotopic (exact) mass is 371 g/mol. The first kappa shape index (κ1) is 18.2. The third-order valence-corrected chi connectivity index (χ3v) is 5.04. The lowest BCUT2D eigenvalue weighted by molar-refractivity contribution is -0.113. The first-order valence-corrected chi connectivity index (χ1v) is 9.25. The molecule has 0 bridgehead atoms. The molecule has 1 amide bonds. The fourth-order valence-electron chi connectivity index (χ4n) is 2.59. The molecule has 3 aromatic rings. The number of amides is 1. The molecule has 4 nitrogen and oxygen atoms in total. The summed E-state index contributed by atoms with van der Waals surface area (Å²) in [5.74, 6) is 0.212.